The lowest BCUT2D eigenvalue weighted by Gasteiger charge is -2.27. The number of rotatable bonds is 4. The van der Waals surface area contributed by atoms with Gasteiger partial charge < -0.3 is 9.47 Å². The minimum Gasteiger partial charge on any atom is -0.492 e. The van der Waals surface area contributed by atoms with Gasteiger partial charge in [-0.3, -0.25) is 15.0 Å². The number of ether oxygens (including phenoxy) is 2. The van der Waals surface area contributed by atoms with Crippen molar-refractivity contribution in [1.82, 2.24) is 4.90 Å². The van der Waals surface area contributed by atoms with E-state index in [4.69, 9.17) is 9.47 Å². The molecule has 1 aliphatic rings. The van der Waals surface area contributed by atoms with Gasteiger partial charge in [0, 0.05) is 18.7 Å². The van der Waals surface area contributed by atoms with Gasteiger partial charge in [0.1, 0.15) is 24.4 Å². The van der Waals surface area contributed by atoms with E-state index in [0.29, 0.717) is 12.4 Å². The standard InChI is InChI=1S/C13H16N2O4/c1-2-14-7-8-18-13(9-14)10-19-12-5-3-11(4-6-12)15(16)17/h3-6,10H,2,7-9H2,1H3. The molecule has 19 heavy (non-hydrogen) atoms. The molecule has 102 valence electrons. The maximum atomic E-state index is 10.5. The van der Waals surface area contributed by atoms with Gasteiger partial charge in [-0.25, -0.2) is 0 Å². The van der Waals surface area contributed by atoms with Crippen LogP contribution in [-0.4, -0.2) is 36.1 Å². The number of likely N-dealkylation sites (N-methyl/N-ethyl adjacent to an activating group) is 1. The maximum Gasteiger partial charge on any atom is 0.269 e. The fraction of sp³-hybridized carbons (Fsp3) is 0.385. The third-order valence-corrected chi connectivity index (χ3v) is 2.90. The number of hydrogen-bond donors (Lipinski definition) is 0. The lowest BCUT2D eigenvalue weighted by molar-refractivity contribution is -0.384. The first-order valence-corrected chi connectivity index (χ1v) is 6.14. The van der Waals surface area contributed by atoms with E-state index in [1.165, 1.54) is 12.1 Å². The van der Waals surface area contributed by atoms with Crippen LogP contribution in [0.4, 0.5) is 5.69 Å². The third-order valence-electron chi connectivity index (χ3n) is 2.90. The van der Waals surface area contributed by atoms with Gasteiger partial charge in [0.25, 0.3) is 5.69 Å². The SMILES string of the molecule is CCN1CCOC(=COc2ccc([N+](=O)[O-])cc2)C1. The lowest BCUT2D eigenvalue weighted by atomic mass is 10.3. The van der Waals surface area contributed by atoms with Gasteiger partial charge in [0.2, 0.25) is 0 Å². The summed E-state index contributed by atoms with van der Waals surface area (Å²) in [6.07, 6.45) is 1.56. The summed E-state index contributed by atoms with van der Waals surface area (Å²) in [6, 6.07) is 5.95. The average molecular weight is 264 g/mol. The Hall–Kier alpha value is -2.08. The Bertz CT molecular complexity index is 470. The van der Waals surface area contributed by atoms with Crippen molar-refractivity contribution in [3.63, 3.8) is 0 Å². The zero-order valence-corrected chi connectivity index (χ0v) is 10.7. The molecule has 1 aliphatic heterocycles. The van der Waals surface area contributed by atoms with Crippen molar-refractivity contribution in [1.29, 1.82) is 0 Å². The molecule has 0 saturated carbocycles. The first kappa shape index (κ1) is 13.4. The highest BCUT2D eigenvalue weighted by atomic mass is 16.6. The molecule has 1 fully saturated rings. The van der Waals surface area contributed by atoms with Gasteiger partial charge in [-0.15, -0.1) is 0 Å². The zero-order chi connectivity index (χ0) is 13.7. The summed E-state index contributed by atoms with van der Waals surface area (Å²) in [7, 11) is 0. The van der Waals surface area contributed by atoms with Crippen molar-refractivity contribution < 1.29 is 14.4 Å². The van der Waals surface area contributed by atoms with E-state index >= 15 is 0 Å². The predicted molar refractivity (Wildman–Crippen MR) is 69.9 cm³/mol. The molecule has 0 bridgehead atoms. The summed E-state index contributed by atoms with van der Waals surface area (Å²) in [5.41, 5.74) is 0.0473. The summed E-state index contributed by atoms with van der Waals surface area (Å²) in [5, 5.41) is 10.5. The minimum absolute atomic E-state index is 0.0473. The molecular weight excluding hydrogens is 248 g/mol. The fourth-order valence-electron chi connectivity index (χ4n) is 1.77. The van der Waals surface area contributed by atoms with Crippen molar-refractivity contribution >= 4 is 5.69 Å². The van der Waals surface area contributed by atoms with Crippen LogP contribution in [0, 0.1) is 10.1 Å². The number of morpholine rings is 1. The van der Waals surface area contributed by atoms with Crippen molar-refractivity contribution in [2.45, 2.75) is 6.92 Å². The molecule has 6 heteroatoms. The van der Waals surface area contributed by atoms with Crippen molar-refractivity contribution in [2.24, 2.45) is 0 Å². The molecule has 0 unspecified atom stereocenters. The Morgan fingerprint density at radius 3 is 2.84 bits per heavy atom. The Morgan fingerprint density at radius 1 is 1.47 bits per heavy atom. The molecule has 0 aromatic heterocycles. The summed E-state index contributed by atoms with van der Waals surface area (Å²) < 4.78 is 10.9. The second-order valence-corrected chi connectivity index (χ2v) is 4.17. The van der Waals surface area contributed by atoms with E-state index in [-0.39, 0.29) is 5.69 Å². The van der Waals surface area contributed by atoms with Gasteiger partial charge in [-0.1, -0.05) is 6.92 Å². The number of nitro benzene ring substituents is 1. The van der Waals surface area contributed by atoms with Crippen LogP contribution >= 0.6 is 0 Å². The van der Waals surface area contributed by atoms with Gasteiger partial charge in [-0.05, 0) is 18.7 Å². The second-order valence-electron chi connectivity index (χ2n) is 4.17. The second kappa shape index (κ2) is 6.19. The van der Waals surface area contributed by atoms with E-state index in [0.717, 1.165) is 25.4 Å². The van der Waals surface area contributed by atoms with Gasteiger partial charge in [-0.2, -0.15) is 0 Å². The number of nitrogens with zero attached hydrogens (tertiary/aromatic N) is 2. The molecule has 0 radical (unpaired) electrons. The molecule has 0 atom stereocenters. The molecule has 6 nitrogen and oxygen atoms in total. The van der Waals surface area contributed by atoms with E-state index in [2.05, 4.69) is 11.8 Å². The quantitative estimate of drug-likeness (QED) is 0.473. The minimum atomic E-state index is -0.439. The average Bonchev–Trinajstić information content (AvgIpc) is 2.46. The first-order chi connectivity index (χ1) is 9.19. The molecule has 1 aromatic carbocycles. The normalized spacial score (nSPS) is 18.1. The van der Waals surface area contributed by atoms with Crippen LogP contribution in [0.5, 0.6) is 5.75 Å². The molecule has 1 heterocycles. The van der Waals surface area contributed by atoms with Gasteiger partial charge in [0.15, 0.2) is 0 Å². The number of hydrogen-bond acceptors (Lipinski definition) is 5. The molecule has 0 N–H and O–H groups in total. The number of nitro groups is 1. The highest BCUT2D eigenvalue weighted by Gasteiger charge is 2.13. The maximum absolute atomic E-state index is 10.5. The Labute approximate surface area is 111 Å². The largest absolute Gasteiger partial charge is 0.492 e. The monoisotopic (exact) mass is 264 g/mol. The highest BCUT2D eigenvalue weighted by Crippen LogP contribution is 2.18. The molecule has 0 amide bonds. The molecule has 2 rings (SSSR count). The summed E-state index contributed by atoms with van der Waals surface area (Å²) in [6.45, 7) is 5.37. The van der Waals surface area contributed by atoms with E-state index < -0.39 is 4.92 Å². The van der Waals surface area contributed by atoms with Crippen LogP contribution < -0.4 is 4.74 Å². The Kier molecular flexibility index (Phi) is 4.35. The van der Waals surface area contributed by atoms with Crippen molar-refractivity contribution in [2.75, 3.05) is 26.2 Å². The first-order valence-electron chi connectivity index (χ1n) is 6.14. The fourth-order valence-corrected chi connectivity index (χ4v) is 1.77. The van der Waals surface area contributed by atoms with Crippen LogP contribution in [0.25, 0.3) is 0 Å². The molecule has 0 aliphatic carbocycles. The lowest BCUT2D eigenvalue weighted by Crippen LogP contribution is -2.34. The van der Waals surface area contributed by atoms with E-state index in [9.17, 15) is 10.1 Å². The predicted octanol–water partition coefficient (Wildman–Crippen LogP) is 2.17. The molecule has 1 aromatic rings. The van der Waals surface area contributed by atoms with Crippen LogP contribution in [0.15, 0.2) is 36.3 Å². The van der Waals surface area contributed by atoms with E-state index in [1.807, 2.05) is 0 Å². The smallest absolute Gasteiger partial charge is 0.269 e. The Balaban J connectivity index is 1.95. The number of benzene rings is 1. The van der Waals surface area contributed by atoms with Crippen molar-refractivity contribution in [3.8, 4) is 5.75 Å². The van der Waals surface area contributed by atoms with Crippen LogP contribution in [0.1, 0.15) is 6.92 Å². The van der Waals surface area contributed by atoms with Crippen LogP contribution in [0.2, 0.25) is 0 Å². The van der Waals surface area contributed by atoms with Crippen LogP contribution in [0.3, 0.4) is 0 Å². The summed E-state index contributed by atoms with van der Waals surface area (Å²) in [5.74, 6) is 1.32. The third kappa shape index (κ3) is 3.69. The highest BCUT2D eigenvalue weighted by molar-refractivity contribution is 5.36. The van der Waals surface area contributed by atoms with Gasteiger partial charge >= 0.3 is 0 Å². The topological polar surface area (TPSA) is 64.8 Å². The van der Waals surface area contributed by atoms with Crippen LogP contribution in [-0.2, 0) is 4.74 Å². The molecule has 1 saturated heterocycles. The van der Waals surface area contributed by atoms with Crippen molar-refractivity contribution in [3.05, 3.63) is 46.4 Å². The number of non-ortho nitro benzene ring substituents is 1. The summed E-state index contributed by atoms with van der Waals surface area (Å²) in [4.78, 5) is 12.3. The zero-order valence-electron chi connectivity index (χ0n) is 10.7. The summed E-state index contributed by atoms with van der Waals surface area (Å²) >= 11 is 0. The Morgan fingerprint density at radius 2 is 2.21 bits per heavy atom. The molecular formula is C13H16N2O4. The van der Waals surface area contributed by atoms with Gasteiger partial charge in [0.05, 0.1) is 11.5 Å². The van der Waals surface area contributed by atoms with E-state index in [1.54, 1.807) is 18.4 Å². The molecule has 0 spiro atoms.